The SMILES string of the molecule is CC[C@H](C)C=C(C)C=CC1=CC2=CC(=O)C(C)(O)C(=O)C2=CO1. The van der Waals surface area contributed by atoms with Gasteiger partial charge in [-0.2, -0.15) is 0 Å². The summed E-state index contributed by atoms with van der Waals surface area (Å²) in [6, 6.07) is 0. The molecule has 0 saturated carbocycles. The van der Waals surface area contributed by atoms with E-state index < -0.39 is 17.2 Å². The lowest BCUT2D eigenvalue weighted by Gasteiger charge is -2.27. The molecule has 0 spiro atoms. The molecule has 122 valence electrons. The zero-order valence-corrected chi connectivity index (χ0v) is 13.9. The van der Waals surface area contributed by atoms with E-state index in [1.165, 1.54) is 19.3 Å². The van der Waals surface area contributed by atoms with Crippen LogP contribution in [0.2, 0.25) is 0 Å². The van der Waals surface area contributed by atoms with Gasteiger partial charge in [-0.25, -0.2) is 0 Å². The molecule has 0 aromatic carbocycles. The molecule has 1 N–H and O–H groups in total. The van der Waals surface area contributed by atoms with Crippen molar-refractivity contribution in [3.63, 3.8) is 0 Å². The molecule has 0 aromatic rings. The van der Waals surface area contributed by atoms with E-state index in [-0.39, 0.29) is 5.57 Å². The Morgan fingerprint density at radius 3 is 2.74 bits per heavy atom. The average molecular weight is 314 g/mol. The number of ether oxygens (including phenoxy) is 1. The second kappa shape index (κ2) is 6.50. The Kier molecular flexibility index (Phi) is 4.85. The fourth-order valence-electron chi connectivity index (χ4n) is 2.34. The number of fused-ring (bicyclic) bond motifs is 1. The first-order valence-electron chi connectivity index (χ1n) is 7.74. The number of carbonyl (C=O) groups is 2. The van der Waals surface area contributed by atoms with Crippen molar-refractivity contribution < 1.29 is 19.4 Å². The highest BCUT2D eigenvalue weighted by molar-refractivity contribution is 6.25. The molecule has 4 nitrogen and oxygen atoms in total. The molecule has 2 rings (SSSR count). The molecule has 0 amide bonds. The normalized spacial score (nSPS) is 26.3. The van der Waals surface area contributed by atoms with E-state index in [0.717, 1.165) is 12.0 Å². The van der Waals surface area contributed by atoms with Crippen LogP contribution in [0.1, 0.15) is 34.1 Å². The van der Waals surface area contributed by atoms with Gasteiger partial charge in [0.2, 0.25) is 5.78 Å². The van der Waals surface area contributed by atoms with Gasteiger partial charge in [0.05, 0.1) is 5.57 Å². The van der Waals surface area contributed by atoms with Gasteiger partial charge < -0.3 is 9.84 Å². The van der Waals surface area contributed by atoms with Gasteiger partial charge in [-0.1, -0.05) is 38.0 Å². The van der Waals surface area contributed by atoms with E-state index in [1.807, 2.05) is 13.0 Å². The summed E-state index contributed by atoms with van der Waals surface area (Å²) in [4.78, 5) is 23.9. The van der Waals surface area contributed by atoms with Crippen molar-refractivity contribution in [1.29, 1.82) is 0 Å². The maximum absolute atomic E-state index is 12.1. The first-order valence-corrected chi connectivity index (χ1v) is 7.74. The quantitative estimate of drug-likeness (QED) is 0.639. The molecule has 0 bridgehead atoms. The standard InChI is InChI=1S/C19H22O4/c1-5-12(2)8-13(3)6-7-15-9-14-10-17(20)19(4,22)18(21)16(14)11-23-15/h6-12,22H,5H2,1-4H3/t12-,19?/m0/s1. The van der Waals surface area contributed by atoms with Gasteiger partial charge >= 0.3 is 0 Å². The summed E-state index contributed by atoms with van der Waals surface area (Å²) >= 11 is 0. The van der Waals surface area contributed by atoms with E-state index in [2.05, 4.69) is 19.9 Å². The summed E-state index contributed by atoms with van der Waals surface area (Å²) in [7, 11) is 0. The van der Waals surface area contributed by atoms with E-state index >= 15 is 0 Å². The molecule has 2 atom stereocenters. The van der Waals surface area contributed by atoms with Crippen molar-refractivity contribution in [3.8, 4) is 0 Å². The van der Waals surface area contributed by atoms with Crippen LogP contribution in [0.5, 0.6) is 0 Å². The minimum Gasteiger partial charge on any atom is -0.464 e. The molecular weight excluding hydrogens is 292 g/mol. The Bertz CT molecular complexity index is 684. The lowest BCUT2D eigenvalue weighted by atomic mass is 9.81. The Labute approximate surface area is 136 Å². The Balaban J connectivity index is 2.22. The highest BCUT2D eigenvalue weighted by atomic mass is 16.5. The molecule has 0 saturated heterocycles. The van der Waals surface area contributed by atoms with Crippen molar-refractivity contribution in [1.82, 2.24) is 0 Å². The highest BCUT2D eigenvalue weighted by Crippen LogP contribution is 2.31. The van der Waals surface area contributed by atoms with Crippen LogP contribution in [-0.4, -0.2) is 22.3 Å². The van der Waals surface area contributed by atoms with Gasteiger partial charge in [-0.15, -0.1) is 0 Å². The van der Waals surface area contributed by atoms with Crippen LogP contribution < -0.4 is 0 Å². The van der Waals surface area contributed by atoms with Gasteiger partial charge in [0.15, 0.2) is 11.4 Å². The van der Waals surface area contributed by atoms with Gasteiger partial charge in [-0.3, -0.25) is 9.59 Å². The number of aliphatic hydroxyl groups is 1. The number of rotatable bonds is 4. The summed E-state index contributed by atoms with van der Waals surface area (Å²) in [5.41, 5.74) is -0.193. The molecule has 1 aliphatic carbocycles. The van der Waals surface area contributed by atoms with Gasteiger partial charge in [0, 0.05) is 0 Å². The zero-order valence-electron chi connectivity index (χ0n) is 13.9. The topological polar surface area (TPSA) is 63.6 Å². The summed E-state index contributed by atoms with van der Waals surface area (Å²) in [6.45, 7) is 7.50. The summed E-state index contributed by atoms with van der Waals surface area (Å²) in [5, 5.41) is 9.92. The minimum absolute atomic E-state index is 0.221. The molecule has 1 aliphatic heterocycles. The summed E-state index contributed by atoms with van der Waals surface area (Å²) in [5.74, 6) is -0.193. The Morgan fingerprint density at radius 1 is 1.39 bits per heavy atom. The maximum atomic E-state index is 12.1. The number of hydrogen-bond acceptors (Lipinski definition) is 4. The number of hydrogen-bond donors (Lipinski definition) is 1. The Morgan fingerprint density at radius 2 is 2.09 bits per heavy atom. The average Bonchev–Trinajstić information content (AvgIpc) is 2.51. The van der Waals surface area contributed by atoms with Crippen molar-refractivity contribution in [2.24, 2.45) is 5.92 Å². The number of allylic oxidation sites excluding steroid dienone is 6. The van der Waals surface area contributed by atoms with E-state index in [1.54, 1.807) is 12.2 Å². The predicted octanol–water partition coefficient (Wildman–Crippen LogP) is 3.16. The van der Waals surface area contributed by atoms with Crippen molar-refractivity contribution >= 4 is 11.6 Å². The van der Waals surface area contributed by atoms with Crippen LogP contribution in [0.3, 0.4) is 0 Å². The van der Waals surface area contributed by atoms with Crippen molar-refractivity contribution in [3.05, 3.63) is 59.1 Å². The van der Waals surface area contributed by atoms with E-state index in [9.17, 15) is 14.7 Å². The summed E-state index contributed by atoms with van der Waals surface area (Å²) < 4.78 is 5.43. The summed E-state index contributed by atoms with van der Waals surface area (Å²) in [6.07, 6.45) is 11.2. The molecule has 2 aliphatic rings. The highest BCUT2D eigenvalue weighted by Gasteiger charge is 2.44. The molecular formula is C19H22O4. The van der Waals surface area contributed by atoms with E-state index in [4.69, 9.17) is 4.74 Å². The second-order valence-electron chi connectivity index (χ2n) is 6.19. The van der Waals surface area contributed by atoms with Crippen LogP contribution in [0.4, 0.5) is 0 Å². The number of carbonyl (C=O) groups excluding carboxylic acids is 2. The van der Waals surface area contributed by atoms with E-state index in [0.29, 0.717) is 17.3 Å². The van der Waals surface area contributed by atoms with Crippen LogP contribution in [0, 0.1) is 5.92 Å². The predicted molar refractivity (Wildman–Crippen MR) is 88.3 cm³/mol. The molecule has 0 aromatic heterocycles. The third kappa shape index (κ3) is 3.59. The molecule has 23 heavy (non-hydrogen) atoms. The van der Waals surface area contributed by atoms with Crippen LogP contribution in [0.25, 0.3) is 0 Å². The first-order chi connectivity index (χ1) is 10.8. The molecule has 0 radical (unpaired) electrons. The molecule has 4 heteroatoms. The van der Waals surface area contributed by atoms with Gasteiger partial charge in [-0.05, 0) is 43.6 Å². The fourth-order valence-corrected chi connectivity index (χ4v) is 2.34. The fraction of sp³-hybridized carbons (Fsp3) is 0.368. The third-order valence-electron chi connectivity index (χ3n) is 4.08. The number of Topliss-reactive ketones (excluding diaryl/α,β-unsaturated/α-hetero) is 1. The van der Waals surface area contributed by atoms with Crippen LogP contribution in [-0.2, 0) is 14.3 Å². The van der Waals surface area contributed by atoms with Gasteiger partial charge in [0.25, 0.3) is 0 Å². The first kappa shape index (κ1) is 17.2. The van der Waals surface area contributed by atoms with Crippen molar-refractivity contribution in [2.75, 3.05) is 0 Å². The Hall–Kier alpha value is -2.20. The number of ketones is 2. The second-order valence-corrected chi connectivity index (χ2v) is 6.19. The lowest BCUT2D eigenvalue weighted by molar-refractivity contribution is -0.144. The minimum atomic E-state index is -2.00. The van der Waals surface area contributed by atoms with Crippen molar-refractivity contribution in [2.45, 2.75) is 39.7 Å². The van der Waals surface area contributed by atoms with Crippen LogP contribution in [0.15, 0.2) is 59.1 Å². The molecule has 1 heterocycles. The molecule has 0 fully saturated rings. The lowest BCUT2D eigenvalue weighted by Crippen LogP contribution is -2.46. The monoisotopic (exact) mass is 314 g/mol. The smallest absolute Gasteiger partial charge is 0.205 e. The van der Waals surface area contributed by atoms with Crippen LogP contribution >= 0.6 is 0 Å². The zero-order chi connectivity index (χ0) is 17.2. The largest absolute Gasteiger partial charge is 0.464 e. The molecule has 1 unspecified atom stereocenters. The maximum Gasteiger partial charge on any atom is 0.205 e. The van der Waals surface area contributed by atoms with Gasteiger partial charge in [0.1, 0.15) is 12.0 Å². The third-order valence-corrected chi connectivity index (χ3v) is 4.08.